The Hall–Kier alpha value is -7.30. The summed E-state index contributed by atoms with van der Waals surface area (Å²) in [4.78, 5) is 9.21. The third-order valence-corrected chi connectivity index (χ3v) is 11.6. The normalized spacial score (nSPS) is 10.9. The predicted octanol–water partition coefficient (Wildman–Crippen LogP) is 13.6. The molecule has 308 valence electrons. The molecule has 0 saturated carbocycles. The van der Waals surface area contributed by atoms with Crippen molar-refractivity contribution >= 4 is 0 Å². The maximum absolute atomic E-state index is 4.70. The molecule has 0 aliphatic rings. The molecule has 0 saturated heterocycles. The van der Waals surface area contributed by atoms with E-state index < -0.39 is 0 Å². The molecule has 0 aliphatic heterocycles. The number of rotatable bonds is 13. The summed E-state index contributed by atoms with van der Waals surface area (Å²) >= 11 is 0. The minimum Gasteiger partial charge on any atom is -0.305 e. The quantitative estimate of drug-likeness (QED) is 0.108. The van der Waals surface area contributed by atoms with Crippen LogP contribution < -0.4 is 0 Å². The van der Waals surface area contributed by atoms with E-state index in [2.05, 4.69) is 174 Å². The Labute approximate surface area is 389 Å². The summed E-state index contributed by atoms with van der Waals surface area (Å²) in [5.74, 6) is 0. The van der Waals surface area contributed by atoms with E-state index in [9.17, 15) is 0 Å². The predicted molar refractivity (Wildman–Crippen MR) is 256 cm³/mol. The van der Waals surface area contributed by atoms with Crippen LogP contribution in [-0.2, 0) is 45.8 Å². The largest absolute Gasteiger partial charge is 3.00 e. The van der Waals surface area contributed by atoms with Gasteiger partial charge in [0.2, 0.25) is 0 Å². The van der Waals surface area contributed by atoms with Crippen LogP contribution in [0.3, 0.4) is 0 Å². The van der Waals surface area contributed by atoms with E-state index in [1.165, 1.54) is 44.5 Å². The first-order chi connectivity index (χ1) is 31.2. The Morgan fingerprint density at radius 3 is 1.59 bits per heavy atom. The van der Waals surface area contributed by atoms with E-state index in [1.54, 1.807) is 6.20 Å². The van der Waals surface area contributed by atoms with Gasteiger partial charge in [-0.15, -0.1) is 65.2 Å². The fourth-order valence-corrected chi connectivity index (χ4v) is 8.30. The molecule has 10 aromatic rings. The van der Waals surface area contributed by atoms with Crippen LogP contribution in [0.15, 0.2) is 213 Å². The van der Waals surface area contributed by atoms with Crippen LogP contribution in [0, 0.1) is 18.2 Å². The second-order valence-corrected chi connectivity index (χ2v) is 15.8. The summed E-state index contributed by atoms with van der Waals surface area (Å²) in [6.45, 7) is 0. The molecule has 5 heteroatoms. The zero-order chi connectivity index (χ0) is 42.2. The number of hydrogen-bond donors (Lipinski definition) is 0. The van der Waals surface area contributed by atoms with E-state index in [1.807, 2.05) is 65.7 Å². The Balaban J connectivity index is 0.00000518. The first-order valence-electron chi connectivity index (χ1n) is 21.5. The molecule has 7 aromatic carbocycles. The average Bonchev–Trinajstić information content (AvgIpc) is 3.92. The van der Waals surface area contributed by atoms with Gasteiger partial charge >= 0.3 is 20.1 Å². The van der Waals surface area contributed by atoms with Crippen molar-refractivity contribution in [2.75, 3.05) is 0 Å². The smallest absolute Gasteiger partial charge is 0.305 e. The Morgan fingerprint density at radius 2 is 0.969 bits per heavy atom. The number of aromatic nitrogens is 4. The summed E-state index contributed by atoms with van der Waals surface area (Å²) in [7, 11) is 0. The molecule has 0 spiro atoms. The first kappa shape index (κ1) is 42.0. The number of nitrogens with zero attached hydrogens (tertiary/aromatic N) is 4. The van der Waals surface area contributed by atoms with E-state index >= 15 is 0 Å². The van der Waals surface area contributed by atoms with Crippen LogP contribution in [0.2, 0.25) is 0 Å². The number of pyridine rings is 2. The van der Waals surface area contributed by atoms with Crippen LogP contribution >= 0.6 is 0 Å². The summed E-state index contributed by atoms with van der Waals surface area (Å²) in [6, 6.07) is 77.2. The van der Waals surface area contributed by atoms with Crippen molar-refractivity contribution < 1.29 is 20.1 Å². The van der Waals surface area contributed by atoms with Gasteiger partial charge in [0.15, 0.2) is 0 Å². The summed E-state index contributed by atoms with van der Waals surface area (Å²) in [6.07, 6.45) is 11.0. The molecule has 3 heterocycles. The third-order valence-electron chi connectivity index (χ3n) is 11.6. The van der Waals surface area contributed by atoms with Crippen molar-refractivity contribution in [3.8, 4) is 72.7 Å². The fourth-order valence-electron chi connectivity index (χ4n) is 8.30. The second kappa shape index (κ2) is 19.8. The zero-order valence-corrected chi connectivity index (χ0v) is 37.6. The Morgan fingerprint density at radius 1 is 0.375 bits per heavy atom. The van der Waals surface area contributed by atoms with Gasteiger partial charge in [-0.05, 0) is 87.1 Å². The molecule has 10 rings (SSSR count). The first-order valence-corrected chi connectivity index (χ1v) is 21.5. The third kappa shape index (κ3) is 9.67. The molecule has 0 aliphatic carbocycles. The van der Waals surface area contributed by atoms with Crippen molar-refractivity contribution in [2.24, 2.45) is 0 Å². The summed E-state index contributed by atoms with van der Waals surface area (Å²) in [5, 5.41) is 4.38. The monoisotopic (exact) mass is 1000 g/mol. The van der Waals surface area contributed by atoms with Crippen molar-refractivity contribution in [3.63, 3.8) is 0 Å². The molecule has 0 unspecified atom stereocenters. The van der Waals surface area contributed by atoms with Crippen molar-refractivity contribution in [3.05, 3.63) is 253 Å². The molecule has 0 bridgehead atoms. The second-order valence-electron chi connectivity index (χ2n) is 15.8. The van der Waals surface area contributed by atoms with E-state index in [-0.39, 0.29) is 20.1 Å². The molecule has 0 atom stereocenters. The van der Waals surface area contributed by atoms with Gasteiger partial charge in [0.05, 0.1) is 0 Å². The molecule has 0 fully saturated rings. The van der Waals surface area contributed by atoms with Crippen LogP contribution in [0.25, 0.3) is 72.7 Å². The van der Waals surface area contributed by atoms with Gasteiger partial charge in [0.1, 0.15) is 0 Å². The van der Waals surface area contributed by atoms with E-state index in [0.717, 1.165) is 76.1 Å². The van der Waals surface area contributed by atoms with Crippen molar-refractivity contribution in [2.45, 2.75) is 25.7 Å². The molecule has 3 aromatic heterocycles. The number of aryl methyl sites for hydroxylation is 4. The van der Waals surface area contributed by atoms with Gasteiger partial charge in [-0.3, -0.25) is 4.68 Å². The summed E-state index contributed by atoms with van der Waals surface area (Å²) in [5.41, 5.74) is 19.2. The Bertz CT molecular complexity index is 3060. The molecular weight excluding hydrogens is 957 g/mol. The number of benzene rings is 7. The van der Waals surface area contributed by atoms with E-state index in [0.29, 0.717) is 0 Å². The van der Waals surface area contributed by atoms with Gasteiger partial charge in [-0.2, -0.15) is 28.9 Å². The standard InChI is InChI=1S/C59H43N4.Ir/c1-2-11-47(12-3-1)48-27-29-49(30-28-48)57-42-51(59-16-7-9-36-61-59)31-34-56(57)55-14-5-4-13-54(55)52-40-45(19-17-43-21-25-50(26-22-43)58-15-6-8-35-60-58)39-46(41-52)20-18-44-23-32-53(33-24-44)63-38-10-37-62-63;/h1-16,21-25,27-30,32,34-42H,17-20H2;/q-3;+3. The molecule has 0 radical (unpaired) electrons. The van der Waals surface area contributed by atoms with E-state index in [4.69, 9.17) is 4.98 Å². The molecule has 0 N–H and O–H groups in total. The molecule has 4 nitrogen and oxygen atoms in total. The minimum absolute atomic E-state index is 0. The van der Waals surface area contributed by atoms with Crippen LogP contribution in [0.5, 0.6) is 0 Å². The van der Waals surface area contributed by atoms with Gasteiger partial charge in [-0.25, -0.2) is 0 Å². The van der Waals surface area contributed by atoms with Crippen LogP contribution in [0.4, 0.5) is 0 Å². The maximum atomic E-state index is 4.70. The van der Waals surface area contributed by atoms with Gasteiger partial charge in [0, 0.05) is 24.8 Å². The SMILES string of the molecule is [Ir+3].[c-]1cc(CCc2cc(CCc3c[c-]c(-n4cccn4)cc3)cc(-c3ccccc3-c3c[c-]c(-c4ccccn4)cc3-c3ccc(-c4ccccc4)cc3)c2)ccc1-c1ccccn1. The molecule has 64 heavy (non-hydrogen) atoms. The Kier molecular flexibility index (Phi) is 13.0. The van der Waals surface area contributed by atoms with Gasteiger partial charge < -0.3 is 9.97 Å². The average molecular weight is 1000 g/mol. The maximum Gasteiger partial charge on any atom is 3.00 e. The number of hydrogen-bond acceptors (Lipinski definition) is 3. The minimum atomic E-state index is 0. The van der Waals surface area contributed by atoms with Gasteiger partial charge in [0.25, 0.3) is 0 Å². The topological polar surface area (TPSA) is 43.6 Å². The van der Waals surface area contributed by atoms with Crippen molar-refractivity contribution in [1.82, 2.24) is 19.7 Å². The molecule has 0 amide bonds. The van der Waals surface area contributed by atoms with Crippen LogP contribution in [0.1, 0.15) is 22.3 Å². The van der Waals surface area contributed by atoms with Gasteiger partial charge in [-0.1, -0.05) is 151 Å². The fraction of sp³-hybridized carbons (Fsp3) is 0.0678. The van der Waals surface area contributed by atoms with Crippen LogP contribution in [-0.4, -0.2) is 19.7 Å². The van der Waals surface area contributed by atoms with Crippen molar-refractivity contribution in [1.29, 1.82) is 0 Å². The summed E-state index contributed by atoms with van der Waals surface area (Å²) < 4.78 is 1.84. The zero-order valence-electron chi connectivity index (χ0n) is 35.2. The molecular formula is C59H43IrN4.